The van der Waals surface area contributed by atoms with Crippen molar-refractivity contribution in [2.75, 3.05) is 119 Å². The van der Waals surface area contributed by atoms with Crippen molar-refractivity contribution in [1.82, 2.24) is 0 Å². The van der Waals surface area contributed by atoms with Crippen molar-refractivity contribution in [3.05, 3.63) is 0 Å². The van der Waals surface area contributed by atoms with E-state index in [0.717, 1.165) is 0 Å². The lowest BCUT2D eigenvalue weighted by atomic mass is 10.2. The van der Waals surface area contributed by atoms with Gasteiger partial charge in [0, 0.05) is 0 Å². The first-order valence-electron chi connectivity index (χ1n) is 12.7. The van der Waals surface area contributed by atoms with Crippen molar-refractivity contribution < 1.29 is 57.0 Å². The van der Waals surface area contributed by atoms with E-state index < -0.39 is 5.60 Å². The van der Waals surface area contributed by atoms with Gasteiger partial charge < -0.3 is 47.4 Å². The molecule has 220 valence electrons. The van der Waals surface area contributed by atoms with Gasteiger partial charge in [0.25, 0.3) is 0 Å². The van der Waals surface area contributed by atoms with Crippen LogP contribution < -0.4 is 0 Å². The van der Waals surface area contributed by atoms with E-state index >= 15 is 0 Å². The Morgan fingerprint density at radius 1 is 0.432 bits per heavy atom. The first-order valence-corrected chi connectivity index (χ1v) is 12.7. The molecule has 0 N–H and O–H groups in total. The van der Waals surface area contributed by atoms with Gasteiger partial charge in [-0.2, -0.15) is 0 Å². The normalized spacial score (nSPS) is 11.7. The quantitative estimate of drug-likeness (QED) is 0.104. The Labute approximate surface area is 221 Å². The molecule has 0 aliphatic heterocycles. The second-order valence-electron chi connectivity index (χ2n) is 8.68. The lowest BCUT2D eigenvalue weighted by Crippen LogP contribution is -2.27. The summed E-state index contributed by atoms with van der Waals surface area (Å²) in [5.41, 5.74) is -0.509. The molecule has 0 aromatic carbocycles. The molecule has 0 atom stereocenters. The molecule has 0 radical (unpaired) electrons. The molecule has 0 saturated heterocycles. The van der Waals surface area contributed by atoms with Crippen molar-refractivity contribution >= 4 is 11.8 Å². The Morgan fingerprint density at radius 2 is 0.676 bits per heavy atom. The molecule has 0 aromatic rings. The number of hydrogen-bond acceptors (Lipinski definition) is 12. The molecule has 0 amide bonds. The summed E-state index contributed by atoms with van der Waals surface area (Å²) in [4.78, 5) is 22.1. The molecule has 0 spiro atoms. The van der Waals surface area contributed by atoms with Crippen molar-refractivity contribution in [1.29, 1.82) is 0 Å². The Kier molecular flexibility index (Phi) is 25.5. The molecule has 37 heavy (non-hydrogen) atoms. The minimum atomic E-state index is -0.509. The van der Waals surface area contributed by atoms with Crippen LogP contribution in [-0.2, 0) is 57.0 Å². The molecule has 0 aliphatic carbocycles. The largest absolute Gasteiger partial charge is 0.458 e. The topological polar surface area (TPSA) is 126 Å². The predicted molar refractivity (Wildman–Crippen MR) is 134 cm³/mol. The third kappa shape index (κ3) is 32.8. The van der Waals surface area contributed by atoms with Crippen LogP contribution in [0.25, 0.3) is 0 Å². The minimum Gasteiger partial charge on any atom is -0.458 e. The Hall–Kier alpha value is -1.22. The summed E-state index contributed by atoms with van der Waals surface area (Å²) < 4.78 is 53.1. The predicted octanol–water partition coefficient (Wildman–Crippen LogP) is 1.07. The maximum atomic E-state index is 11.5. The van der Waals surface area contributed by atoms with Gasteiger partial charge in [-0.3, -0.25) is 4.79 Å². The van der Waals surface area contributed by atoms with E-state index in [2.05, 4.69) is 0 Å². The summed E-state index contributed by atoms with van der Waals surface area (Å²) >= 11 is 0. The maximum absolute atomic E-state index is 11.5. The van der Waals surface area contributed by atoms with Gasteiger partial charge in [0.2, 0.25) is 0 Å². The lowest BCUT2D eigenvalue weighted by Gasteiger charge is -2.19. The number of carbonyl (C=O) groups excluding carboxylic acids is 2. The summed E-state index contributed by atoms with van der Waals surface area (Å²) in [5, 5.41) is 0. The average molecular weight is 541 g/mol. The van der Waals surface area contributed by atoms with Gasteiger partial charge in [0.05, 0.1) is 106 Å². The number of Topliss-reactive ketones (excluding diaryl/α,β-unsaturated/α-hetero) is 1. The van der Waals surface area contributed by atoms with E-state index in [1.165, 1.54) is 6.92 Å². The third-order valence-electron chi connectivity index (χ3n) is 3.92. The molecule has 0 unspecified atom stereocenters. The summed E-state index contributed by atoms with van der Waals surface area (Å²) in [6, 6.07) is 0. The monoisotopic (exact) mass is 540 g/mol. The van der Waals surface area contributed by atoms with Crippen LogP contribution >= 0.6 is 0 Å². The number of rotatable bonds is 28. The van der Waals surface area contributed by atoms with Gasteiger partial charge in [-0.25, -0.2) is 4.79 Å². The summed E-state index contributed by atoms with van der Waals surface area (Å²) in [6.45, 7) is 14.2. The second-order valence-corrected chi connectivity index (χ2v) is 8.68. The Balaban J connectivity index is 3.11. The summed E-state index contributed by atoms with van der Waals surface area (Å²) in [7, 11) is 0. The van der Waals surface area contributed by atoms with Crippen molar-refractivity contribution in [3.8, 4) is 0 Å². The fourth-order valence-electron chi connectivity index (χ4n) is 2.40. The highest BCUT2D eigenvalue weighted by molar-refractivity contribution is 5.76. The standard InChI is InChI=1S/C25H48O12/c1-23(26)21-35-19-17-33-15-13-31-11-9-29-7-5-28-6-8-30-10-12-32-14-16-34-18-20-36-22-24(27)37-25(2,3)4/h5-22H2,1-4H3. The van der Waals surface area contributed by atoms with Crippen molar-refractivity contribution in [2.24, 2.45) is 0 Å². The summed E-state index contributed by atoms with van der Waals surface area (Å²) in [6.07, 6.45) is 0. The molecule has 0 heterocycles. The highest BCUT2D eigenvalue weighted by Crippen LogP contribution is 2.06. The lowest BCUT2D eigenvalue weighted by molar-refractivity contribution is -0.160. The number of hydrogen-bond donors (Lipinski definition) is 0. The van der Waals surface area contributed by atoms with Crippen LogP contribution in [0.2, 0.25) is 0 Å². The van der Waals surface area contributed by atoms with E-state index in [9.17, 15) is 9.59 Å². The Bertz CT molecular complexity index is 524. The summed E-state index contributed by atoms with van der Waals surface area (Å²) in [5.74, 6) is -0.387. The minimum absolute atomic E-state index is 0.000965. The van der Waals surface area contributed by atoms with Gasteiger partial charge >= 0.3 is 5.97 Å². The average Bonchev–Trinajstić information content (AvgIpc) is 2.82. The van der Waals surface area contributed by atoms with Crippen LogP contribution in [0.1, 0.15) is 27.7 Å². The highest BCUT2D eigenvalue weighted by atomic mass is 16.6. The van der Waals surface area contributed by atoms with Gasteiger partial charge in [-0.1, -0.05) is 0 Å². The van der Waals surface area contributed by atoms with E-state index in [1.54, 1.807) is 0 Å². The van der Waals surface area contributed by atoms with E-state index in [-0.39, 0.29) is 25.0 Å². The third-order valence-corrected chi connectivity index (χ3v) is 3.92. The molecular formula is C25H48O12. The zero-order valence-electron chi connectivity index (χ0n) is 23.1. The van der Waals surface area contributed by atoms with Gasteiger partial charge in [0.1, 0.15) is 18.8 Å². The molecule has 0 saturated carbocycles. The van der Waals surface area contributed by atoms with Crippen LogP contribution in [0.5, 0.6) is 0 Å². The Morgan fingerprint density at radius 3 is 0.919 bits per heavy atom. The van der Waals surface area contributed by atoms with E-state index in [1.807, 2.05) is 20.8 Å². The smallest absolute Gasteiger partial charge is 0.332 e. The van der Waals surface area contributed by atoms with Gasteiger partial charge in [-0.15, -0.1) is 0 Å². The number of ether oxygens (including phenoxy) is 10. The fourth-order valence-corrected chi connectivity index (χ4v) is 2.40. The molecular weight excluding hydrogens is 492 g/mol. The second kappa shape index (κ2) is 26.4. The number of carbonyl (C=O) groups is 2. The van der Waals surface area contributed by atoms with E-state index in [4.69, 9.17) is 47.4 Å². The highest BCUT2D eigenvalue weighted by Gasteiger charge is 2.15. The SMILES string of the molecule is CC(=O)COCCOCCOCCOCCOCCOCCOCCOCCOCC(=O)OC(C)(C)C. The van der Waals surface area contributed by atoms with Crippen LogP contribution in [0.4, 0.5) is 0 Å². The molecule has 0 aromatic heterocycles. The maximum Gasteiger partial charge on any atom is 0.332 e. The molecule has 0 aliphatic rings. The number of esters is 1. The van der Waals surface area contributed by atoms with E-state index in [0.29, 0.717) is 106 Å². The zero-order valence-corrected chi connectivity index (χ0v) is 23.1. The van der Waals surface area contributed by atoms with Crippen LogP contribution in [-0.4, -0.2) is 136 Å². The van der Waals surface area contributed by atoms with Crippen molar-refractivity contribution in [3.63, 3.8) is 0 Å². The van der Waals surface area contributed by atoms with Crippen LogP contribution in [0.15, 0.2) is 0 Å². The van der Waals surface area contributed by atoms with Crippen LogP contribution in [0.3, 0.4) is 0 Å². The fraction of sp³-hybridized carbons (Fsp3) is 0.920. The molecule has 0 rings (SSSR count). The van der Waals surface area contributed by atoms with Crippen LogP contribution in [0, 0.1) is 0 Å². The first kappa shape index (κ1) is 35.8. The molecule has 0 fully saturated rings. The zero-order chi connectivity index (χ0) is 27.5. The first-order chi connectivity index (χ1) is 17.8. The molecule has 12 heteroatoms. The van der Waals surface area contributed by atoms with Crippen molar-refractivity contribution in [2.45, 2.75) is 33.3 Å². The molecule has 12 nitrogen and oxygen atoms in total. The molecule has 0 bridgehead atoms. The number of ketones is 1. The van der Waals surface area contributed by atoms with Gasteiger partial charge in [0.15, 0.2) is 5.78 Å². The van der Waals surface area contributed by atoms with Gasteiger partial charge in [-0.05, 0) is 27.7 Å².